The van der Waals surface area contributed by atoms with Gasteiger partial charge in [0.25, 0.3) is 5.91 Å². The van der Waals surface area contributed by atoms with Crippen LogP contribution in [0.4, 0.5) is 0 Å². The highest BCUT2D eigenvalue weighted by molar-refractivity contribution is 5.95. The topological polar surface area (TPSA) is 46.3 Å². The van der Waals surface area contributed by atoms with Crippen molar-refractivity contribution in [1.82, 2.24) is 4.90 Å². The first kappa shape index (κ1) is 17.0. The van der Waals surface area contributed by atoms with Crippen LogP contribution >= 0.6 is 12.4 Å². The van der Waals surface area contributed by atoms with Gasteiger partial charge in [-0.15, -0.1) is 12.4 Å². The van der Waals surface area contributed by atoms with Crippen LogP contribution in [0.15, 0.2) is 18.2 Å². The summed E-state index contributed by atoms with van der Waals surface area (Å²) in [6.45, 7) is 6.50. The lowest BCUT2D eigenvalue weighted by atomic mass is 9.94. The van der Waals surface area contributed by atoms with Crippen LogP contribution in [0.5, 0.6) is 0 Å². The van der Waals surface area contributed by atoms with E-state index in [0.717, 1.165) is 49.2 Å². The minimum atomic E-state index is 0. The second-order valence-corrected chi connectivity index (χ2v) is 5.66. The fourth-order valence-corrected chi connectivity index (χ4v) is 2.86. The van der Waals surface area contributed by atoms with Crippen molar-refractivity contribution in [2.75, 3.05) is 19.6 Å². The molecule has 4 heteroatoms. The van der Waals surface area contributed by atoms with Gasteiger partial charge < -0.3 is 10.6 Å². The summed E-state index contributed by atoms with van der Waals surface area (Å²) in [7, 11) is 0. The Kier molecular flexibility index (Phi) is 6.50. The van der Waals surface area contributed by atoms with Crippen LogP contribution in [0.1, 0.15) is 40.7 Å². The molecule has 1 unspecified atom stereocenters. The number of hydrogen-bond acceptors (Lipinski definition) is 2. The Labute approximate surface area is 127 Å². The quantitative estimate of drug-likeness (QED) is 0.932. The Morgan fingerprint density at radius 1 is 1.40 bits per heavy atom. The Morgan fingerprint density at radius 2 is 2.15 bits per heavy atom. The molecule has 1 fully saturated rings. The third-order valence-corrected chi connectivity index (χ3v) is 4.00. The third kappa shape index (κ3) is 3.97. The molecule has 20 heavy (non-hydrogen) atoms. The number of hydrogen-bond donors (Lipinski definition) is 1. The van der Waals surface area contributed by atoms with Gasteiger partial charge in [0, 0.05) is 18.7 Å². The molecular weight excluding hydrogens is 272 g/mol. The van der Waals surface area contributed by atoms with Gasteiger partial charge in [-0.3, -0.25) is 4.79 Å². The number of benzene rings is 1. The van der Waals surface area contributed by atoms with Crippen molar-refractivity contribution < 1.29 is 4.79 Å². The van der Waals surface area contributed by atoms with Gasteiger partial charge in [-0.25, -0.2) is 0 Å². The van der Waals surface area contributed by atoms with Crippen molar-refractivity contribution in [3.05, 3.63) is 34.9 Å². The summed E-state index contributed by atoms with van der Waals surface area (Å²) < 4.78 is 0. The van der Waals surface area contributed by atoms with Gasteiger partial charge in [-0.05, 0) is 57.2 Å². The molecule has 2 N–H and O–H groups in total. The number of rotatable bonds is 3. The van der Waals surface area contributed by atoms with Crippen molar-refractivity contribution in [2.45, 2.75) is 33.1 Å². The standard InChI is InChI=1S/C16H24N2O.ClH/c1-12-5-6-13(2)15(10-12)16(19)18-9-3-4-14(11-18)7-8-17;/h5-6,10,14H,3-4,7-9,11,17H2,1-2H3;1H. The van der Waals surface area contributed by atoms with Gasteiger partial charge in [0.05, 0.1) is 0 Å². The Bertz CT molecular complexity index is 460. The molecule has 1 amide bonds. The molecule has 1 heterocycles. The van der Waals surface area contributed by atoms with Crippen LogP contribution in [-0.4, -0.2) is 30.4 Å². The number of carbonyl (C=O) groups is 1. The maximum atomic E-state index is 12.6. The minimum absolute atomic E-state index is 0. The van der Waals surface area contributed by atoms with Gasteiger partial charge >= 0.3 is 0 Å². The van der Waals surface area contributed by atoms with Crippen molar-refractivity contribution in [3.63, 3.8) is 0 Å². The largest absolute Gasteiger partial charge is 0.338 e. The van der Waals surface area contributed by atoms with Gasteiger partial charge in [0.1, 0.15) is 0 Å². The number of halogens is 1. The zero-order chi connectivity index (χ0) is 13.8. The molecule has 0 bridgehead atoms. The van der Waals surface area contributed by atoms with Gasteiger partial charge in [-0.2, -0.15) is 0 Å². The first-order valence-electron chi connectivity index (χ1n) is 7.18. The van der Waals surface area contributed by atoms with E-state index in [1.807, 2.05) is 30.9 Å². The maximum absolute atomic E-state index is 12.6. The molecule has 2 rings (SSSR count). The van der Waals surface area contributed by atoms with E-state index < -0.39 is 0 Å². The first-order chi connectivity index (χ1) is 9.11. The SMILES string of the molecule is Cc1ccc(C)c(C(=O)N2CCCC(CCN)C2)c1.Cl. The number of piperidine rings is 1. The minimum Gasteiger partial charge on any atom is -0.338 e. The summed E-state index contributed by atoms with van der Waals surface area (Å²) in [5.41, 5.74) is 8.70. The summed E-state index contributed by atoms with van der Waals surface area (Å²) in [6.07, 6.45) is 3.33. The number of likely N-dealkylation sites (tertiary alicyclic amines) is 1. The highest BCUT2D eigenvalue weighted by Crippen LogP contribution is 2.22. The lowest BCUT2D eigenvalue weighted by molar-refractivity contribution is 0.0668. The van der Waals surface area contributed by atoms with Crippen LogP contribution in [-0.2, 0) is 0 Å². The van der Waals surface area contributed by atoms with Gasteiger partial charge in [0.2, 0.25) is 0 Å². The van der Waals surface area contributed by atoms with Crippen molar-refractivity contribution >= 4 is 18.3 Å². The maximum Gasteiger partial charge on any atom is 0.254 e. The molecule has 0 aromatic heterocycles. The molecule has 1 aromatic rings. The molecule has 1 atom stereocenters. The van der Waals surface area contributed by atoms with Crippen molar-refractivity contribution in [1.29, 1.82) is 0 Å². The first-order valence-corrected chi connectivity index (χ1v) is 7.18. The van der Waals surface area contributed by atoms with E-state index in [1.54, 1.807) is 0 Å². The van der Waals surface area contributed by atoms with E-state index in [-0.39, 0.29) is 18.3 Å². The zero-order valence-corrected chi connectivity index (χ0v) is 13.2. The number of carbonyl (C=O) groups excluding carboxylic acids is 1. The summed E-state index contributed by atoms with van der Waals surface area (Å²) in [5, 5.41) is 0. The van der Waals surface area contributed by atoms with Crippen LogP contribution in [0, 0.1) is 19.8 Å². The number of nitrogens with two attached hydrogens (primary N) is 1. The fraction of sp³-hybridized carbons (Fsp3) is 0.562. The van der Waals surface area contributed by atoms with E-state index in [1.165, 1.54) is 6.42 Å². The van der Waals surface area contributed by atoms with Crippen LogP contribution in [0.2, 0.25) is 0 Å². The highest BCUT2D eigenvalue weighted by atomic mass is 35.5. The molecule has 1 aromatic carbocycles. The second-order valence-electron chi connectivity index (χ2n) is 5.66. The van der Waals surface area contributed by atoms with Gasteiger partial charge in [-0.1, -0.05) is 17.7 Å². The molecule has 1 aliphatic rings. The van der Waals surface area contributed by atoms with E-state index in [4.69, 9.17) is 5.73 Å². The summed E-state index contributed by atoms with van der Waals surface area (Å²) >= 11 is 0. The number of aryl methyl sites for hydroxylation is 2. The zero-order valence-electron chi connectivity index (χ0n) is 12.4. The number of nitrogens with zero attached hydrogens (tertiary/aromatic N) is 1. The molecule has 0 spiro atoms. The Hall–Kier alpha value is -1.06. The third-order valence-electron chi connectivity index (χ3n) is 4.00. The van der Waals surface area contributed by atoms with Gasteiger partial charge in [0.15, 0.2) is 0 Å². The Balaban J connectivity index is 0.00000200. The number of amides is 1. The van der Waals surface area contributed by atoms with E-state index in [2.05, 4.69) is 6.07 Å². The molecule has 0 aliphatic carbocycles. The molecule has 112 valence electrons. The normalized spacial score (nSPS) is 18.6. The summed E-state index contributed by atoms with van der Waals surface area (Å²) in [4.78, 5) is 14.6. The molecule has 1 saturated heterocycles. The summed E-state index contributed by atoms with van der Waals surface area (Å²) in [6, 6.07) is 6.09. The molecule has 0 radical (unpaired) electrons. The van der Waals surface area contributed by atoms with E-state index >= 15 is 0 Å². The Morgan fingerprint density at radius 3 is 2.85 bits per heavy atom. The van der Waals surface area contributed by atoms with Crippen LogP contribution in [0.3, 0.4) is 0 Å². The molecular formula is C16H25ClN2O. The second kappa shape index (κ2) is 7.65. The van der Waals surface area contributed by atoms with Crippen molar-refractivity contribution in [3.8, 4) is 0 Å². The lowest BCUT2D eigenvalue weighted by Crippen LogP contribution is -2.40. The predicted molar refractivity (Wildman–Crippen MR) is 85.5 cm³/mol. The van der Waals surface area contributed by atoms with E-state index in [9.17, 15) is 4.79 Å². The van der Waals surface area contributed by atoms with Crippen molar-refractivity contribution in [2.24, 2.45) is 11.7 Å². The van der Waals surface area contributed by atoms with E-state index in [0.29, 0.717) is 5.92 Å². The average Bonchev–Trinajstić information content (AvgIpc) is 2.41. The van der Waals surface area contributed by atoms with Crippen LogP contribution in [0.25, 0.3) is 0 Å². The monoisotopic (exact) mass is 296 g/mol. The molecule has 0 saturated carbocycles. The fourth-order valence-electron chi connectivity index (χ4n) is 2.86. The molecule has 1 aliphatic heterocycles. The summed E-state index contributed by atoms with van der Waals surface area (Å²) in [5.74, 6) is 0.760. The highest BCUT2D eigenvalue weighted by Gasteiger charge is 2.24. The smallest absolute Gasteiger partial charge is 0.254 e. The molecule has 3 nitrogen and oxygen atoms in total. The van der Waals surface area contributed by atoms with Crippen LogP contribution < -0.4 is 5.73 Å². The lowest BCUT2D eigenvalue weighted by Gasteiger charge is -2.33. The average molecular weight is 297 g/mol. The predicted octanol–water partition coefficient (Wildman–Crippen LogP) is 2.93.